The van der Waals surface area contributed by atoms with E-state index in [0.29, 0.717) is 36.1 Å². The molecule has 1 aliphatic heterocycles. The molecule has 1 saturated carbocycles. The zero-order chi connectivity index (χ0) is 19.0. The first kappa shape index (κ1) is 17.7. The molecule has 0 unspecified atom stereocenters. The minimum Gasteiger partial charge on any atom is -0.481 e. The molecule has 142 valence electrons. The SMILES string of the molecule is O=C(O)[C@H]1CN(C(=O)CCc2ncc(-c3ccccc3F)o2)C[C@@H]1C1CC1. The quantitative estimate of drug-likeness (QED) is 0.843. The lowest BCUT2D eigenvalue weighted by atomic mass is 9.92. The van der Waals surface area contributed by atoms with E-state index in [4.69, 9.17) is 4.42 Å². The van der Waals surface area contributed by atoms with E-state index in [2.05, 4.69) is 4.98 Å². The molecule has 2 aliphatic rings. The monoisotopic (exact) mass is 372 g/mol. The Balaban J connectivity index is 1.36. The van der Waals surface area contributed by atoms with Gasteiger partial charge >= 0.3 is 5.97 Å². The van der Waals surface area contributed by atoms with Crippen molar-refractivity contribution in [2.75, 3.05) is 13.1 Å². The zero-order valence-electron chi connectivity index (χ0n) is 14.8. The number of halogens is 1. The number of aromatic nitrogens is 1. The van der Waals surface area contributed by atoms with Gasteiger partial charge in [0.2, 0.25) is 5.91 Å². The van der Waals surface area contributed by atoms with E-state index in [0.717, 1.165) is 12.8 Å². The van der Waals surface area contributed by atoms with Crippen LogP contribution in [0.5, 0.6) is 0 Å². The van der Waals surface area contributed by atoms with Gasteiger partial charge in [-0.15, -0.1) is 0 Å². The number of benzene rings is 1. The zero-order valence-corrected chi connectivity index (χ0v) is 14.8. The minimum absolute atomic E-state index is 0.0702. The summed E-state index contributed by atoms with van der Waals surface area (Å²) in [5, 5.41) is 9.41. The molecule has 1 saturated heterocycles. The van der Waals surface area contributed by atoms with Crippen LogP contribution in [0.15, 0.2) is 34.9 Å². The first-order valence-corrected chi connectivity index (χ1v) is 9.23. The maximum Gasteiger partial charge on any atom is 0.308 e. The first-order chi connectivity index (χ1) is 13.0. The predicted octanol–water partition coefficient (Wildman–Crippen LogP) is 2.98. The van der Waals surface area contributed by atoms with Gasteiger partial charge in [0, 0.05) is 25.9 Å². The van der Waals surface area contributed by atoms with Gasteiger partial charge < -0.3 is 14.4 Å². The number of oxazole rings is 1. The van der Waals surface area contributed by atoms with Gasteiger partial charge in [-0.3, -0.25) is 9.59 Å². The average Bonchev–Trinajstić information content (AvgIpc) is 3.22. The van der Waals surface area contributed by atoms with E-state index < -0.39 is 11.9 Å². The Morgan fingerprint density at radius 3 is 2.74 bits per heavy atom. The summed E-state index contributed by atoms with van der Waals surface area (Å²) in [7, 11) is 0. The number of amides is 1. The number of carboxylic acids is 1. The van der Waals surface area contributed by atoms with E-state index >= 15 is 0 Å². The molecule has 6 nitrogen and oxygen atoms in total. The minimum atomic E-state index is -0.815. The summed E-state index contributed by atoms with van der Waals surface area (Å²) in [6.45, 7) is 0.800. The lowest BCUT2D eigenvalue weighted by molar-refractivity contribution is -0.142. The average molecular weight is 372 g/mol. The number of hydrogen-bond donors (Lipinski definition) is 1. The lowest BCUT2D eigenvalue weighted by Crippen LogP contribution is -2.30. The largest absolute Gasteiger partial charge is 0.481 e. The molecule has 0 spiro atoms. The van der Waals surface area contributed by atoms with Crippen LogP contribution >= 0.6 is 0 Å². The Morgan fingerprint density at radius 2 is 2.04 bits per heavy atom. The predicted molar refractivity (Wildman–Crippen MR) is 94.1 cm³/mol. The summed E-state index contributed by atoms with van der Waals surface area (Å²) in [6, 6.07) is 6.28. The maximum absolute atomic E-state index is 13.8. The van der Waals surface area contributed by atoms with E-state index in [1.54, 1.807) is 23.1 Å². The van der Waals surface area contributed by atoms with Gasteiger partial charge in [-0.1, -0.05) is 12.1 Å². The van der Waals surface area contributed by atoms with Gasteiger partial charge in [-0.05, 0) is 36.8 Å². The van der Waals surface area contributed by atoms with Crippen molar-refractivity contribution in [3.05, 3.63) is 42.2 Å². The van der Waals surface area contributed by atoms with Crippen molar-refractivity contribution < 1.29 is 23.5 Å². The highest BCUT2D eigenvalue weighted by molar-refractivity contribution is 5.79. The Kier molecular flexibility index (Phi) is 4.68. The second-order valence-corrected chi connectivity index (χ2v) is 7.34. The van der Waals surface area contributed by atoms with Crippen molar-refractivity contribution in [1.29, 1.82) is 0 Å². The first-order valence-electron chi connectivity index (χ1n) is 9.23. The molecule has 27 heavy (non-hydrogen) atoms. The van der Waals surface area contributed by atoms with Gasteiger partial charge in [0.1, 0.15) is 5.82 Å². The second-order valence-electron chi connectivity index (χ2n) is 7.34. The summed E-state index contributed by atoms with van der Waals surface area (Å²) in [6.07, 6.45) is 4.07. The fourth-order valence-corrected chi connectivity index (χ4v) is 3.88. The van der Waals surface area contributed by atoms with Crippen LogP contribution in [0.4, 0.5) is 4.39 Å². The third kappa shape index (κ3) is 3.72. The highest BCUT2D eigenvalue weighted by Crippen LogP contribution is 2.44. The number of likely N-dealkylation sites (tertiary alicyclic amines) is 1. The molecule has 2 aromatic rings. The van der Waals surface area contributed by atoms with E-state index in [1.165, 1.54) is 12.3 Å². The van der Waals surface area contributed by atoms with Crippen LogP contribution in [0.2, 0.25) is 0 Å². The third-order valence-corrected chi connectivity index (χ3v) is 5.51. The van der Waals surface area contributed by atoms with Crippen molar-refractivity contribution in [2.24, 2.45) is 17.8 Å². The Morgan fingerprint density at radius 1 is 1.26 bits per heavy atom. The lowest BCUT2D eigenvalue weighted by Gasteiger charge is -2.15. The number of aliphatic carboxylic acids is 1. The number of hydrogen-bond acceptors (Lipinski definition) is 4. The molecule has 2 atom stereocenters. The molecular weight excluding hydrogens is 351 g/mol. The summed E-state index contributed by atoms with van der Waals surface area (Å²) in [4.78, 5) is 29.8. The van der Waals surface area contributed by atoms with Crippen molar-refractivity contribution in [2.45, 2.75) is 25.7 Å². The van der Waals surface area contributed by atoms with E-state index in [1.807, 2.05) is 0 Å². The summed E-state index contributed by atoms with van der Waals surface area (Å²) < 4.78 is 19.4. The maximum atomic E-state index is 13.8. The van der Waals surface area contributed by atoms with E-state index in [-0.39, 0.29) is 30.6 Å². The van der Waals surface area contributed by atoms with Crippen LogP contribution in [-0.4, -0.2) is 40.0 Å². The van der Waals surface area contributed by atoms with Crippen LogP contribution in [0, 0.1) is 23.6 Å². The van der Waals surface area contributed by atoms with Gasteiger partial charge in [0.15, 0.2) is 11.7 Å². The van der Waals surface area contributed by atoms with Gasteiger partial charge in [-0.25, -0.2) is 9.37 Å². The number of carbonyl (C=O) groups is 2. The van der Waals surface area contributed by atoms with Crippen molar-refractivity contribution in [1.82, 2.24) is 9.88 Å². The number of aryl methyl sites for hydroxylation is 1. The highest BCUT2D eigenvalue weighted by Gasteiger charge is 2.46. The Labute approximate surface area is 156 Å². The molecule has 1 aromatic heterocycles. The number of rotatable bonds is 6. The van der Waals surface area contributed by atoms with Crippen molar-refractivity contribution in [3.8, 4) is 11.3 Å². The van der Waals surface area contributed by atoms with E-state index in [9.17, 15) is 19.1 Å². The summed E-state index contributed by atoms with van der Waals surface area (Å²) >= 11 is 0. The number of nitrogens with zero attached hydrogens (tertiary/aromatic N) is 2. The molecule has 1 aromatic carbocycles. The molecule has 7 heteroatoms. The fraction of sp³-hybridized carbons (Fsp3) is 0.450. The standard InChI is InChI=1S/C20H21FN2O4/c21-16-4-2-1-3-13(16)17-9-22-18(27-17)7-8-19(24)23-10-14(12-5-6-12)15(11-23)20(25)26/h1-4,9,12,14-15H,5-8,10-11H2,(H,25,26)/t14-,15+/m1/s1. The molecule has 0 bridgehead atoms. The van der Waals surface area contributed by atoms with Crippen LogP contribution < -0.4 is 0 Å². The number of carboxylic acid groups (broad SMARTS) is 1. The third-order valence-electron chi connectivity index (χ3n) is 5.51. The van der Waals surface area contributed by atoms with Crippen LogP contribution in [-0.2, 0) is 16.0 Å². The van der Waals surface area contributed by atoms with Crippen LogP contribution in [0.1, 0.15) is 25.2 Å². The summed E-state index contributed by atoms with van der Waals surface area (Å²) in [5.41, 5.74) is 0.332. The molecule has 0 radical (unpaired) electrons. The van der Waals surface area contributed by atoms with Gasteiger partial charge in [0.05, 0.1) is 17.7 Å². The van der Waals surface area contributed by atoms with Gasteiger partial charge in [-0.2, -0.15) is 0 Å². The normalized spacial score (nSPS) is 22.2. The molecule has 1 amide bonds. The van der Waals surface area contributed by atoms with Crippen LogP contribution in [0.25, 0.3) is 11.3 Å². The molecular formula is C20H21FN2O4. The van der Waals surface area contributed by atoms with Crippen LogP contribution in [0.3, 0.4) is 0 Å². The van der Waals surface area contributed by atoms with Gasteiger partial charge in [0.25, 0.3) is 0 Å². The Bertz CT molecular complexity index is 861. The highest BCUT2D eigenvalue weighted by atomic mass is 19.1. The fourth-order valence-electron chi connectivity index (χ4n) is 3.88. The molecule has 2 fully saturated rings. The molecule has 1 N–H and O–H groups in total. The Hall–Kier alpha value is -2.70. The summed E-state index contributed by atoms with van der Waals surface area (Å²) in [5.74, 6) is -0.542. The molecule has 1 aliphatic carbocycles. The molecule has 4 rings (SSSR count). The van der Waals surface area contributed by atoms with Crippen molar-refractivity contribution >= 4 is 11.9 Å². The second kappa shape index (κ2) is 7.13. The topological polar surface area (TPSA) is 83.6 Å². The van der Waals surface area contributed by atoms with Crippen molar-refractivity contribution in [3.63, 3.8) is 0 Å². The number of carbonyl (C=O) groups excluding carboxylic acids is 1. The smallest absolute Gasteiger partial charge is 0.308 e. The molecule has 2 heterocycles.